The summed E-state index contributed by atoms with van der Waals surface area (Å²) in [7, 11) is 0. The second-order valence-corrected chi connectivity index (χ2v) is 6.79. The quantitative estimate of drug-likeness (QED) is 0.721. The molecule has 0 aliphatic heterocycles. The van der Waals surface area contributed by atoms with Gasteiger partial charge in [0.2, 0.25) is 0 Å². The van der Waals surface area contributed by atoms with Crippen LogP contribution in [0.15, 0.2) is 23.2 Å². The van der Waals surface area contributed by atoms with Crippen LogP contribution in [0.2, 0.25) is 0 Å². The van der Waals surface area contributed by atoms with Crippen LogP contribution in [0.1, 0.15) is 38.1 Å². The van der Waals surface area contributed by atoms with Gasteiger partial charge in [-0.15, -0.1) is 0 Å². The Labute approximate surface area is 155 Å². The number of fused-ring (bicyclic) bond motifs is 1. The Bertz CT molecular complexity index is 895. The second kappa shape index (κ2) is 8.75. The number of esters is 2. The molecular weight excluding hydrogens is 356 g/mol. The van der Waals surface area contributed by atoms with Crippen molar-refractivity contribution in [2.24, 2.45) is 10.9 Å². The maximum atomic E-state index is 12.0. The molecule has 0 bridgehead atoms. The maximum absolute atomic E-state index is 12.0. The second-order valence-electron chi connectivity index (χ2n) is 5.78. The van der Waals surface area contributed by atoms with Gasteiger partial charge in [-0.25, -0.2) is 4.79 Å². The van der Waals surface area contributed by atoms with E-state index in [4.69, 9.17) is 9.47 Å². The third-order valence-corrected chi connectivity index (χ3v) is 4.53. The number of aromatic nitrogens is 1. The molecule has 0 spiro atoms. The van der Waals surface area contributed by atoms with Crippen LogP contribution in [-0.4, -0.2) is 35.6 Å². The lowest BCUT2D eigenvalue weighted by Crippen LogP contribution is -2.23. The molecule has 0 unspecified atom stereocenters. The fourth-order valence-corrected chi connectivity index (χ4v) is 3.29. The Morgan fingerprint density at radius 1 is 1.15 bits per heavy atom. The maximum Gasteiger partial charge on any atom is 0.338 e. The van der Waals surface area contributed by atoms with E-state index in [1.54, 1.807) is 50.5 Å². The topological polar surface area (TPSA) is 87.0 Å². The summed E-state index contributed by atoms with van der Waals surface area (Å²) in [4.78, 5) is 40.5. The molecule has 0 aliphatic rings. The number of benzene rings is 1. The highest BCUT2D eigenvalue weighted by atomic mass is 32.1. The van der Waals surface area contributed by atoms with Gasteiger partial charge in [-0.05, 0) is 32.0 Å². The van der Waals surface area contributed by atoms with Crippen molar-refractivity contribution >= 4 is 39.4 Å². The first-order valence-electron chi connectivity index (χ1n) is 8.42. The van der Waals surface area contributed by atoms with Crippen LogP contribution >= 0.6 is 11.3 Å². The molecule has 0 N–H and O–H groups in total. The Kier molecular flexibility index (Phi) is 6.68. The molecule has 7 nitrogen and oxygen atoms in total. The number of ether oxygens (including phenoxy) is 2. The van der Waals surface area contributed by atoms with Gasteiger partial charge in [-0.1, -0.05) is 25.2 Å². The van der Waals surface area contributed by atoms with E-state index in [1.165, 1.54) is 11.3 Å². The van der Waals surface area contributed by atoms with Gasteiger partial charge in [-0.2, -0.15) is 4.99 Å². The van der Waals surface area contributed by atoms with Crippen LogP contribution in [0.3, 0.4) is 0 Å². The van der Waals surface area contributed by atoms with E-state index < -0.39 is 11.9 Å². The lowest BCUT2D eigenvalue weighted by atomic mass is 10.2. The van der Waals surface area contributed by atoms with Crippen LogP contribution in [-0.2, 0) is 25.6 Å². The van der Waals surface area contributed by atoms with Gasteiger partial charge in [-0.3, -0.25) is 9.59 Å². The number of rotatable bonds is 6. The average molecular weight is 378 g/mol. The Morgan fingerprint density at radius 3 is 2.46 bits per heavy atom. The summed E-state index contributed by atoms with van der Waals surface area (Å²) in [6, 6.07) is 5.03. The highest BCUT2D eigenvalue weighted by Crippen LogP contribution is 2.20. The standard InChI is InChI=1S/C18H22N2O5S/c1-5-24-15(21)10-20-13-8-7-12(17(23)25-6-2)9-14(13)26-18(20)19-16(22)11(3)4/h7-9,11H,5-6,10H2,1-4H3. The first-order chi connectivity index (χ1) is 12.4. The molecule has 8 heteroatoms. The normalized spacial score (nSPS) is 11.8. The molecule has 1 amide bonds. The summed E-state index contributed by atoms with van der Waals surface area (Å²) < 4.78 is 12.4. The first kappa shape index (κ1) is 19.8. The van der Waals surface area contributed by atoms with Gasteiger partial charge in [0.15, 0.2) is 4.80 Å². The van der Waals surface area contributed by atoms with Gasteiger partial charge in [0.1, 0.15) is 6.54 Å². The number of carbonyl (C=O) groups is 3. The molecule has 2 rings (SSSR count). The van der Waals surface area contributed by atoms with Crippen molar-refractivity contribution < 1.29 is 23.9 Å². The number of thiazole rings is 1. The lowest BCUT2D eigenvalue weighted by Gasteiger charge is -2.06. The van der Waals surface area contributed by atoms with E-state index in [2.05, 4.69) is 4.99 Å². The monoisotopic (exact) mass is 378 g/mol. The zero-order valence-corrected chi connectivity index (χ0v) is 16.1. The summed E-state index contributed by atoms with van der Waals surface area (Å²) in [5.74, 6) is -1.37. The molecule has 1 aromatic carbocycles. The fraction of sp³-hybridized carbons (Fsp3) is 0.444. The van der Waals surface area contributed by atoms with E-state index in [0.717, 1.165) is 4.70 Å². The number of hydrogen-bond donors (Lipinski definition) is 0. The largest absolute Gasteiger partial charge is 0.465 e. The molecule has 0 aliphatic carbocycles. The van der Waals surface area contributed by atoms with E-state index in [0.29, 0.717) is 15.9 Å². The molecule has 1 aromatic heterocycles. The zero-order valence-electron chi connectivity index (χ0n) is 15.3. The molecule has 2 aromatic rings. The number of amides is 1. The van der Waals surface area contributed by atoms with Crippen LogP contribution in [0.5, 0.6) is 0 Å². The smallest absolute Gasteiger partial charge is 0.338 e. The predicted molar refractivity (Wildman–Crippen MR) is 97.8 cm³/mol. The average Bonchev–Trinajstić information content (AvgIpc) is 2.91. The van der Waals surface area contributed by atoms with Crippen molar-refractivity contribution in [3.8, 4) is 0 Å². The number of hydrogen-bond acceptors (Lipinski definition) is 6. The van der Waals surface area contributed by atoms with Gasteiger partial charge in [0, 0.05) is 5.92 Å². The fourth-order valence-electron chi connectivity index (χ4n) is 2.21. The van der Waals surface area contributed by atoms with Gasteiger partial charge < -0.3 is 14.0 Å². The van der Waals surface area contributed by atoms with Crippen LogP contribution in [0, 0.1) is 5.92 Å². The highest BCUT2D eigenvalue weighted by Gasteiger charge is 2.15. The minimum absolute atomic E-state index is 0.0587. The van der Waals surface area contributed by atoms with Gasteiger partial charge in [0.25, 0.3) is 5.91 Å². The van der Waals surface area contributed by atoms with Gasteiger partial charge in [0.05, 0.1) is 29.0 Å². The van der Waals surface area contributed by atoms with E-state index >= 15 is 0 Å². The SMILES string of the molecule is CCOC(=O)Cn1c(=NC(=O)C(C)C)sc2cc(C(=O)OCC)ccc21. The third-order valence-electron chi connectivity index (χ3n) is 3.49. The molecule has 140 valence electrons. The van der Waals surface area contributed by atoms with E-state index in [-0.39, 0.29) is 31.6 Å². The zero-order chi connectivity index (χ0) is 19.3. The van der Waals surface area contributed by atoms with Crippen LogP contribution in [0.4, 0.5) is 0 Å². The van der Waals surface area contributed by atoms with Gasteiger partial charge >= 0.3 is 11.9 Å². The van der Waals surface area contributed by atoms with Crippen LogP contribution < -0.4 is 4.80 Å². The van der Waals surface area contributed by atoms with E-state index in [9.17, 15) is 14.4 Å². The summed E-state index contributed by atoms with van der Waals surface area (Å²) in [6.07, 6.45) is 0. The minimum Gasteiger partial charge on any atom is -0.465 e. The first-order valence-corrected chi connectivity index (χ1v) is 9.23. The summed E-state index contributed by atoms with van der Waals surface area (Å²) in [5, 5.41) is 0. The summed E-state index contributed by atoms with van der Waals surface area (Å²) in [6.45, 7) is 7.48. The van der Waals surface area contributed by atoms with Crippen molar-refractivity contribution in [2.75, 3.05) is 13.2 Å². The molecular formula is C18H22N2O5S. The van der Waals surface area contributed by atoms with E-state index in [1.807, 2.05) is 0 Å². The minimum atomic E-state index is -0.420. The molecule has 26 heavy (non-hydrogen) atoms. The molecule has 1 heterocycles. The van der Waals surface area contributed by atoms with Crippen molar-refractivity contribution in [2.45, 2.75) is 34.2 Å². The van der Waals surface area contributed by atoms with Crippen molar-refractivity contribution in [3.05, 3.63) is 28.6 Å². The summed E-state index contributed by atoms with van der Waals surface area (Å²) >= 11 is 1.24. The molecule has 0 radical (unpaired) electrons. The highest BCUT2D eigenvalue weighted by molar-refractivity contribution is 7.16. The van der Waals surface area contributed by atoms with Crippen LogP contribution in [0.25, 0.3) is 10.2 Å². The Hall–Kier alpha value is -2.48. The summed E-state index contributed by atoms with van der Waals surface area (Å²) in [5.41, 5.74) is 1.11. The molecule has 0 fully saturated rings. The Balaban J connectivity index is 2.57. The number of carbonyl (C=O) groups excluding carboxylic acids is 3. The Morgan fingerprint density at radius 2 is 1.85 bits per heavy atom. The molecule has 0 atom stereocenters. The molecule has 0 saturated heterocycles. The predicted octanol–water partition coefficient (Wildman–Crippen LogP) is 2.53. The number of nitrogens with zero attached hydrogens (tertiary/aromatic N) is 2. The van der Waals surface area contributed by atoms with Crippen molar-refractivity contribution in [3.63, 3.8) is 0 Å². The van der Waals surface area contributed by atoms with Crippen molar-refractivity contribution in [1.29, 1.82) is 0 Å². The third kappa shape index (κ3) is 4.57. The molecule has 0 saturated carbocycles. The van der Waals surface area contributed by atoms with Crippen molar-refractivity contribution in [1.82, 2.24) is 4.57 Å². The lowest BCUT2D eigenvalue weighted by molar-refractivity contribution is -0.143.